The zero-order valence-corrected chi connectivity index (χ0v) is 19.1. The summed E-state index contributed by atoms with van der Waals surface area (Å²) in [6, 6.07) is 0. The van der Waals surface area contributed by atoms with Gasteiger partial charge in [-0.25, -0.2) is 0 Å². The maximum atomic E-state index is 12.7. The molecule has 172 valence electrons. The van der Waals surface area contributed by atoms with E-state index in [0.29, 0.717) is 38.9 Å². The summed E-state index contributed by atoms with van der Waals surface area (Å²) in [6.45, 7) is 9.28. The standard InChI is InChI=1S/C23H44O6/c1-5-9-17-28-19(7-3)23(22(26)27,20(8-4)29-18-10-6-2)16-14-12-11-13-15-21(24)25/h19-20H,5-18H2,1-4H3,(H,24,25)(H,26,27). The lowest BCUT2D eigenvalue weighted by atomic mass is 9.70. The van der Waals surface area contributed by atoms with Crippen LogP contribution in [0.4, 0.5) is 0 Å². The quantitative estimate of drug-likeness (QED) is 0.248. The van der Waals surface area contributed by atoms with Gasteiger partial charge in [0.25, 0.3) is 0 Å². The molecule has 0 fully saturated rings. The summed E-state index contributed by atoms with van der Waals surface area (Å²) < 4.78 is 12.2. The van der Waals surface area contributed by atoms with Gasteiger partial charge in [-0.1, -0.05) is 59.8 Å². The van der Waals surface area contributed by atoms with Crippen molar-refractivity contribution in [2.45, 2.75) is 117 Å². The molecule has 2 N–H and O–H groups in total. The molecule has 0 aliphatic rings. The summed E-state index contributed by atoms with van der Waals surface area (Å²) in [6.07, 6.45) is 7.93. The highest BCUT2D eigenvalue weighted by Crippen LogP contribution is 2.40. The third kappa shape index (κ3) is 9.94. The number of rotatable bonds is 20. The first kappa shape index (κ1) is 27.9. The third-order valence-corrected chi connectivity index (χ3v) is 5.65. The number of carboxylic acids is 2. The van der Waals surface area contributed by atoms with Crippen molar-refractivity contribution in [2.75, 3.05) is 13.2 Å². The highest BCUT2D eigenvalue weighted by atomic mass is 16.5. The summed E-state index contributed by atoms with van der Waals surface area (Å²) in [5.74, 6) is -1.62. The number of unbranched alkanes of at least 4 members (excludes halogenated alkanes) is 5. The van der Waals surface area contributed by atoms with Gasteiger partial charge in [-0.2, -0.15) is 0 Å². The molecule has 0 saturated carbocycles. The second kappa shape index (κ2) is 16.6. The van der Waals surface area contributed by atoms with E-state index in [-0.39, 0.29) is 6.42 Å². The lowest BCUT2D eigenvalue weighted by molar-refractivity contribution is -0.183. The molecule has 0 aromatic heterocycles. The zero-order chi connectivity index (χ0) is 22.1. The van der Waals surface area contributed by atoms with Gasteiger partial charge in [0.05, 0.1) is 12.2 Å². The van der Waals surface area contributed by atoms with Crippen molar-refractivity contribution in [3.8, 4) is 0 Å². The third-order valence-electron chi connectivity index (χ3n) is 5.65. The fourth-order valence-electron chi connectivity index (χ4n) is 3.96. The molecule has 0 heterocycles. The Bertz CT molecular complexity index is 419. The monoisotopic (exact) mass is 416 g/mol. The Kier molecular flexibility index (Phi) is 16.0. The molecule has 0 radical (unpaired) electrons. The molecule has 0 spiro atoms. The summed E-state index contributed by atoms with van der Waals surface area (Å²) in [7, 11) is 0. The largest absolute Gasteiger partial charge is 0.481 e. The van der Waals surface area contributed by atoms with Crippen LogP contribution >= 0.6 is 0 Å². The Morgan fingerprint density at radius 3 is 1.62 bits per heavy atom. The van der Waals surface area contributed by atoms with Gasteiger partial charge in [-0.3, -0.25) is 9.59 Å². The van der Waals surface area contributed by atoms with Crippen molar-refractivity contribution in [1.29, 1.82) is 0 Å². The van der Waals surface area contributed by atoms with Gasteiger partial charge in [-0.15, -0.1) is 0 Å². The van der Waals surface area contributed by atoms with Crippen LogP contribution < -0.4 is 0 Å². The Morgan fingerprint density at radius 2 is 1.24 bits per heavy atom. The van der Waals surface area contributed by atoms with Gasteiger partial charge < -0.3 is 19.7 Å². The van der Waals surface area contributed by atoms with Crippen LogP contribution in [0, 0.1) is 5.41 Å². The molecule has 0 aromatic carbocycles. The van der Waals surface area contributed by atoms with E-state index >= 15 is 0 Å². The number of hydrogen-bond donors (Lipinski definition) is 2. The number of carboxylic acid groups (broad SMARTS) is 2. The van der Waals surface area contributed by atoms with Crippen molar-refractivity contribution in [1.82, 2.24) is 0 Å². The fraction of sp³-hybridized carbons (Fsp3) is 0.913. The lowest BCUT2D eigenvalue weighted by Gasteiger charge is -2.42. The van der Waals surface area contributed by atoms with Gasteiger partial charge in [-0.05, 0) is 38.5 Å². The topological polar surface area (TPSA) is 93.1 Å². The van der Waals surface area contributed by atoms with Crippen molar-refractivity contribution in [3.63, 3.8) is 0 Å². The molecule has 6 heteroatoms. The average molecular weight is 417 g/mol. The number of hydrogen-bond acceptors (Lipinski definition) is 4. The van der Waals surface area contributed by atoms with E-state index in [1.54, 1.807) is 0 Å². The molecule has 6 nitrogen and oxygen atoms in total. The molecule has 0 aromatic rings. The second-order valence-electron chi connectivity index (χ2n) is 7.90. The predicted molar refractivity (Wildman–Crippen MR) is 115 cm³/mol. The van der Waals surface area contributed by atoms with Gasteiger partial charge in [0.1, 0.15) is 5.41 Å². The van der Waals surface area contributed by atoms with Crippen LogP contribution in [-0.2, 0) is 19.1 Å². The highest BCUT2D eigenvalue weighted by Gasteiger charge is 2.51. The molecule has 0 bridgehead atoms. The molecule has 2 unspecified atom stereocenters. The van der Waals surface area contributed by atoms with E-state index in [4.69, 9.17) is 14.6 Å². The Balaban J connectivity index is 5.38. The Hall–Kier alpha value is -1.14. The average Bonchev–Trinajstić information content (AvgIpc) is 2.69. The van der Waals surface area contributed by atoms with E-state index < -0.39 is 29.6 Å². The van der Waals surface area contributed by atoms with E-state index in [2.05, 4.69) is 13.8 Å². The molecule has 0 amide bonds. The molecular weight excluding hydrogens is 372 g/mol. The van der Waals surface area contributed by atoms with Gasteiger partial charge >= 0.3 is 11.9 Å². The van der Waals surface area contributed by atoms with Gasteiger partial charge in [0.2, 0.25) is 0 Å². The van der Waals surface area contributed by atoms with Gasteiger partial charge in [0, 0.05) is 19.6 Å². The van der Waals surface area contributed by atoms with E-state index in [9.17, 15) is 14.7 Å². The molecular formula is C23H44O6. The van der Waals surface area contributed by atoms with Crippen LogP contribution in [0.2, 0.25) is 0 Å². The second-order valence-corrected chi connectivity index (χ2v) is 7.90. The van der Waals surface area contributed by atoms with Crippen LogP contribution in [0.25, 0.3) is 0 Å². The van der Waals surface area contributed by atoms with Crippen LogP contribution in [-0.4, -0.2) is 47.6 Å². The number of carbonyl (C=O) groups is 2. The first-order valence-electron chi connectivity index (χ1n) is 11.6. The minimum Gasteiger partial charge on any atom is -0.481 e. The number of aliphatic carboxylic acids is 2. The first-order chi connectivity index (χ1) is 13.9. The normalized spacial score (nSPS) is 15.6. The molecule has 29 heavy (non-hydrogen) atoms. The van der Waals surface area contributed by atoms with E-state index in [1.165, 1.54) is 0 Å². The minimum absolute atomic E-state index is 0.166. The first-order valence-corrected chi connectivity index (χ1v) is 11.6. The molecule has 0 aliphatic heterocycles. The molecule has 0 saturated heterocycles. The Labute approximate surface area is 177 Å². The van der Waals surface area contributed by atoms with Gasteiger partial charge in [0.15, 0.2) is 0 Å². The maximum absolute atomic E-state index is 12.7. The highest BCUT2D eigenvalue weighted by molar-refractivity contribution is 5.76. The van der Waals surface area contributed by atoms with E-state index in [0.717, 1.165) is 44.9 Å². The summed E-state index contributed by atoms with van der Waals surface area (Å²) in [4.78, 5) is 23.3. The maximum Gasteiger partial charge on any atom is 0.314 e. The van der Waals surface area contributed by atoms with Crippen molar-refractivity contribution in [2.24, 2.45) is 5.41 Å². The predicted octanol–water partition coefficient (Wildman–Crippen LogP) is 5.67. The lowest BCUT2D eigenvalue weighted by Crippen LogP contribution is -2.53. The molecule has 0 aliphatic carbocycles. The number of ether oxygens (including phenoxy) is 2. The van der Waals surface area contributed by atoms with Crippen LogP contribution in [0.5, 0.6) is 0 Å². The van der Waals surface area contributed by atoms with Crippen molar-refractivity contribution in [3.05, 3.63) is 0 Å². The summed E-state index contributed by atoms with van der Waals surface area (Å²) >= 11 is 0. The SMILES string of the molecule is CCCCOC(CC)C(CCCCCCC(=O)O)(C(=O)O)C(CC)OCCCC. The summed E-state index contributed by atoms with van der Waals surface area (Å²) in [5, 5.41) is 19.2. The molecule has 2 atom stereocenters. The summed E-state index contributed by atoms with van der Waals surface area (Å²) in [5.41, 5.74) is -1.07. The minimum atomic E-state index is -1.07. The van der Waals surface area contributed by atoms with Crippen molar-refractivity contribution >= 4 is 11.9 Å². The zero-order valence-electron chi connectivity index (χ0n) is 19.1. The molecule has 0 rings (SSSR count). The van der Waals surface area contributed by atoms with Crippen LogP contribution in [0.1, 0.15) is 105 Å². The Morgan fingerprint density at radius 1 is 0.759 bits per heavy atom. The smallest absolute Gasteiger partial charge is 0.314 e. The van der Waals surface area contributed by atoms with Crippen molar-refractivity contribution < 1.29 is 29.3 Å². The van der Waals surface area contributed by atoms with Crippen LogP contribution in [0.3, 0.4) is 0 Å². The van der Waals surface area contributed by atoms with Crippen LogP contribution in [0.15, 0.2) is 0 Å². The van der Waals surface area contributed by atoms with E-state index in [1.807, 2.05) is 13.8 Å². The fourth-order valence-corrected chi connectivity index (χ4v) is 3.96.